The first-order chi connectivity index (χ1) is 17.0. The fourth-order valence-electron chi connectivity index (χ4n) is 6.03. The van der Waals surface area contributed by atoms with Crippen LogP contribution in [0.1, 0.15) is 26.2 Å². The summed E-state index contributed by atoms with van der Waals surface area (Å²) in [5.41, 5.74) is 0. The highest BCUT2D eigenvalue weighted by molar-refractivity contribution is 6.06. The molecule has 2 saturated heterocycles. The van der Waals surface area contributed by atoms with Gasteiger partial charge in [0.15, 0.2) is 0 Å². The summed E-state index contributed by atoms with van der Waals surface area (Å²) in [5, 5.41) is 2.80. The summed E-state index contributed by atoms with van der Waals surface area (Å²) in [6, 6.07) is 5.90. The van der Waals surface area contributed by atoms with Gasteiger partial charge in [0.1, 0.15) is 11.9 Å². The van der Waals surface area contributed by atoms with E-state index in [1.54, 1.807) is 6.20 Å². The summed E-state index contributed by atoms with van der Waals surface area (Å²) in [7, 11) is 0. The van der Waals surface area contributed by atoms with Crippen molar-refractivity contribution in [2.75, 3.05) is 50.7 Å². The van der Waals surface area contributed by atoms with E-state index in [0.29, 0.717) is 13.1 Å². The van der Waals surface area contributed by atoms with Crippen molar-refractivity contribution in [3.8, 4) is 0 Å². The van der Waals surface area contributed by atoms with Crippen LogP contribution in [0, 0.1) is 23.7 Å². The van der Waals surface area contributed by atoms with Gasteiger partial charge in [-0.05, 0) is 36.8 Å². The molecule has 3 amide bonds. The molecule has 2 aliphatic heterocycles. The Hall–Kier alpha value is -2.94. The van der Waals surface area contributed by atoms with Gasteiger partial charge in [0.05, 0.1) is 18.4 Å². The number of aromatic nitrogens is 1. The van der Waals surface area contributed by atoms with Gasteiger partial charge in [-0.3, -0.25) is 19.4 Å². The molecule has 4 aliphatic rings. The number of pyridine rings is 1. The average Bonchev–Trinajstić information content (AvgIpc) is 3.55. The van der Waals surface area contributed by atoms with Crippen molar-refractivity contribution >= 4 is 23.7 Å². The molecule has 0 spiro atoms. The smallest absolute Gasteiger partial charge is 0.407 e. The Balaban J connectivity index is 1.22. The van der Waals surface area contributed by atoms with E-state index in [4.69, 9.17) is 4.74 Å². The number of carbonyl (C=O) groups is 3. The van der Waals surface area contributed by atoms with E-state index < -0.39 is 12.2 Å². The zero-order chi connectivity index (χ0) is 24.4. The summed E-state index contributed by atoms with van der Waals surface area (Å²) in [5.74, 6) is 0.620. The summed E-state index contributed by atoms with van der Waals surface area (Å²) in [4.78, 5) is 49.2. The van der Waals surface area contributed by atoms with Crippen LogP contribution < -0.4 is 10.2 Å². The monoisotopic (exact) mass is 481 g/mol. The number of likely N-dealkylation sites (tertiary alicyclic amines) is 1. The van der Waals surface area contributed by atoms with E-state index in [2.05, 4.69) is 39.2 Å². The van der Waals surface area contributed by atoms with Gasteiger partial charge in [-0.1, -0.05) is 31.6 Å². The van der Waals surface area contributed by atoms with Gasteiger partial charge in [-0.15, -0.1) is 0 Å². The molecule has 3 fully saturated rings. The molecule has 2 aliphatic carbocycles. The molecule has 5 atom stereocenters. The molecule has 0 aromatic carbocycles. The molecule has 2 bridgehead atoms. The summed E-state index contributed by atoms with van der Waals surface area (Å²) < 4.78 is 5.78. The standard InChI is InChI=1S/C26H35N5O4/c1-2-3-9-28-26(34)35-20(16-29-11-13-30(14-12-29)21-6-4-5-10-27-21)17-31-24(32)22-18-7-8-19(15-18)23(22)25(31)33/h4-8,10,18-20,22-23H,2-3,9,11-17H2,1H3,(H,28,34)/t18-,19?,20?,22-,23?/m0/s1. The van der Waals surface area contributed by atoms with E-state index in [-0.39, 0.29) is 42.0 Å². The van der Waals surface area contributed by atoms with Gasteiger partial charge >= 0.3 is 6.09 Å². The molecule has 5 rings (SSSR count). The number of imide groups is 1. The number of nitrogens with one attached hydrogen (secondary N) is 1. The van der Waals surface area contributed by atoms with Crippen LogP contribution in [0.25, 0.3) is 0 Å². The number of unbranched alkanes of at least 4 members (excludes halogenated alkanes) is 1. The minimum Gasteiger partial charge on any atom is -0.443 e. The highest BCUT2D eigenvalue weighted by Gasteiger charge is 2.59. The Labute approximate surface area is 206 Å². The lowest BCUT2D eigenvalue weighted by molar-refractivity contribution is -0.142. The van der Waals surface area contributed by atoms with Crippen LogP contribution in [-0.2, 0) is 14.3 Å². The molecule has 9 nitrogen and oxygen atoms in total. The number of hydrogen-bond donors (Lipinski definition) is 1. The second-order valence-electron chi connectivity index (χ2n) is 10.1. The summed E-state index contributed by atoms with van der Waals surface area (Å²) >= 11 is 0. The maximum absolute atomic E-state index is 13.2. The number of carbonyl (C=O) groups excluding carboxylic acids is 3. The topological polar surface area (TPSA) is 95.1 Å². The SMILES string of the molecule is CCCCNC(=O)OC(CN1CCN(c2ccccn2)CC1)CN1C(=O)C2C3C=C[C@@H](C3)[C@@H]2C1=O. The van der Waals surface area contributed by atoms with Crippen molar-refractivity contribution in [2.45, 2.75) is 32.3 Å². The first-order valence-electron chi connectivity index (χ1n) is 12.9. The highest BCUT2D eigenvalue weighted by atomic mass is 16.6. The number of amides is 3. The van der Waals surface area contributed by atoms with Crippen LogP contribution in [0.15, 0.2) is 36.5 Å². The molecule has 1 aromatic heterocycles. The van der Waals surface area contributed by atoms with Crippen molar-refractivity contribution in [3.05, 3.63) is 36.5 Å². The van der Waals surface area contributed by atoms with Gasteiger partial charge in [-0.2, -0.15) is 0 Å². The minimum absolute atomic E-state index is 0.100. The third-order valence-electron chi connectivity index (χ3n) is 7.83. The van der Waals surface area contributed by atoms with E-state index in [9.17, 15) is 14.4 Å². The van der Waals surface area contributed by atoms with Gasteiger partial charge < -0.3 is 15.0 Å². The fraction of sp³-hybridized carbons (Fsp3) is 0.615. The van der Waals surface area contributed by atoms with Crippen LogP contribution >= 0.6 is 0 Å². The van der Waals surface area contributed by atoms with Gasteiger partial charge in [-0.25, -0.2) is 9.78 Å². The molecule has 3 heterocycles. The molecule has 3 unspecified atom stereocenters. The Morgan fingerprint density at radius 3 is 2.43 bits per heavy atom. The molecular weight excluding hydrogens is 446 g/mol. The fourth-order valence-corrected chi connectivity index (χ4v) is 6.03. The van der Waals surface area contributed by atoms with E-state index >= 15 is 0 Å². The average molecular weight is 482 g/mol. The maximum atomic E-state index is 13.2. The van der Waals surface area contributed by atoms with Crippen LogP contribution in [-0.4, -0.2) is 84.6 Å². The number of allylic oxidation sites excluding steroid dienone is 2. The van der Waals surface area contributed by atoms with Crippen molar-refractivity contribution in [3.63, 3.8) is 0 Å². The lowest BCUT2D eigenvalue weighted by Gasteiger charge is -2.37. The third kappa shape index (κ3) is 4.91. The second kappa shape index (κ2) is 10.4. The van der Waals surface area contributed by atoms with Gasteiger partial charge in [0, 0.05) is 45.5 Å². The van der Waals surface area contributed by atoms with Crippen LogP contribution in [0.5, 0.6) is 0 Å². The normalized spacial score (nSPS) is 28.5. The van der Waals surface area contributed by atoms with Crippen molar-refractivity contribution in [2.24, 2.45) is 23.7 Å². The van der Waals surface area contributed by atoms with E-state index in [0.717, 1.165) is 51.3 Å². The number of hydrogen-bond acceptors (Lipinski definition) is 7. The molecule has 1 aromatic rings. The predicted molar refractivity (Wildman–Crippen MR) is 131 cm³/mol. The number of alkyl carbamates (subject to hydrolysis) is 1. The van der Waals surface area contributed by atoms with Crippen molar-refractivity contribution in [1.82, 2.24) is 20.1 Å². The van der Waals surface area contributed by atoms with Gasteiger partial charge in [0.25, 0.3) is 0 Å². The minimum atomic E-state index is -0.574. The van der Waals surface area contributed by atoms with Gasteiger partial charge in [0.2, 0.25) is 11.8 Å². The van der Waals surface area contributed by atoms with Crippen LogP contribution in [0.3, 0.4) is 0 Å². The molecular formula is C26H35N5O4. The first kappa shape index (κ1) is 23.8. The maximum Gasteiger partial charge on any atom is 0.407 e. The number of anilines is 1. The molecule has 1 saturated carbocycles. The lowest BCUT2D eigenvalue weighted by atomic mass is 9.85. The summed E-state index contributed by atoms with van der Waals surface area (Å²) in [6.45, 7) is 6.40. The second-order valence-corrected chi connectivity index (χ2v) is 10.1. The molecule has 1 N–H and O–H groups in total. The first-order valence-corrected chi connectivity index (χ1v) is 12.9. The lowest BCUT2D eigenvalue weighted by Crippen LogP contribution is -2.52. The van der Waals surface area contributed by atoms with Crippen molar-refractivity contribution in [1.29, 1.82) is 0 Å². The Bertz CT molecular complexity index is 932. The van der Waals surface area contributed by atoms with E-state index in [1.165, 1.54) is 4.90 Å². The van der Waals surface area contributed by atoms with E-state index in [1.807, 2.05) is 18.2 Å². The predicted octanol–water partition coefficient (Wildman–Crippen LogP) is 1.91. The number of fused-ring (bicyclic) bond motifs is 5. The Kier molecular flexibility index (Phi) is 7.04. The number of piperazine rings is 1. The number of nitrogens with zero attached hydrogens (tertiary/aromatic N) is 4. The zero-order valence-corrected chi connectivity index (χ0v) is 20.3. The quantitative estimate of drug-likeness (QED) is 0.327. The summed E-state index contributed by atoms with van der Waals surface area (Å²) in [6.07, 6.45) is 7.67. The number of rotatable bonds is 9. The largest absolute Gasteiger partial charge is 0.443 e. The molecule has 188 valence electrons. The Morgan fingerprint density at radius 2 is 1.80 bits per heavy atom. The molecule has 35 heavy (non-hydrogen) atoms. The number of ether oxygens (including phenoxy) is 1. The Morgan fingerprint density at radius 1 is 1.09 bits per heavy atom. The highest BCUT2D eigenvalue weighted by Crippen LogP contribution is 2.52. The zero-order valence-electron chi connectivity index (χ0n) is 20.3. The molecule has 0 radical (unpaired) electrons. The van der Waals surface area contributed by atoms with Crippen molar-refractivity contribution < 1.29 is 19.1 Å². The van der Waals surface area contributed by atoms with Crippen LogP contribution in [0.2, 0.25) is 0 Å². The van der Waals surface area contributed by atoms with Crippen LogP contribution in [0.4, 0.5) is 10.6 Å². The third-order valence-corrected chi connectivity index (χ3v) is 7.83. The molecule has 9 heteroatoms.